The van der Waals surface area contributed by atoms with Gasteiger partial charge >= 0.3 is 7.60 Å². The molecular weight excluding hydrogens is 618 g/mol. The predicted octanol–water partition coefficient (Wildman–Crippen LogP) is 7.25. The van der Waals surface area contributed by atoms with Crippen LogP contribution >= 0.6 is 31.0 Å². The number of fused-ring (bicyclic) bond motifs is 2. The van der Waals surface area contributed by atoms with Crippen LogP contribution in [0.5, 0.6) is 0 Å². The molecule has 0 radical (unpaired) electrons. The number of nitrogens with zero attached hydrogens (tertiary/aromatic N) is 3. The maximum absolute atomic E-state index is 13.5. The second-order valence-electron chi connectivity index (χ2n) is 10.7. The molecule has 5 rings (SSSR count). The summed E-state index contributed by atoms with van der Waals surface area (Å²) in [5.41, 5.74) is 2.24. The Balaban J connectivity index is 1.44. The molecule has 0 spiro atoms. The van der Waals surface area contributed by atoms with Gasteiger partial charge in [0.1, 0.15) is 35.3 Å². The number of hydrogen-bond donors (Lipinski definition) is 1. The quantitative estimate of drug-likeness (QED) is 0.158. The molecule has 5 atom stereocenters. The molecule has 3 aromatic rings. The second kappa shape index (κ2) is 13.0. The number of pyridine rings is 1. The van der Waals surface area contributed by atoms with Crippen molar-refractivity contribution in [2.75, 3.05) is 29.8 Å². The van der Waals surface area contributed by atoms with Gasteiger partial charge in [0.05, 0.1) is 30.5 Å². The molecule has 0 saturated carbocycles. The molecule has 10 nitrogen and oxygen atoms in total. The Morgan fingerprint density at radius 1 is 1.21 bits per heavy atom. The van der Waals surface area contributed by atoms with E-state index in [1.54, 1.807) is 26.0 Å². The number of aromatic nitrogens is 2. The third kappa shape index (κ3) is 6.75. The van der Waals surface area contributed by atoms with Crippen molar-refractivity contribution in [3.05, 3.63) is 58.6 Å². The third-order valence-electron chi connectivity index (χ3n) is 7.24. The molecule has 1 aromatic carbocycles. The van der Waals surface area contributed by atoms with E-state index in [1.165, 1.54) is 23.9 Å². The monoisotopic (exact) mass is 652 g/mol. The van der Waals surface area contributed by atoms with Crippen LogP contribution in [0.2, 0.25) is 5.15 Å². The number of halogens is 2. The zero-order valence-corrected chi connectivity index (χ0v) is 27.0. The maximum Gasteiger partial charge on any atom is 0.340 e. The Morgan fingerprint density at radius 3 is 2.53 bits per heavy atom. The fraction of sp³-hybridized carbons (Fsp3) is 0.517. The van der Waals surface area contributed by atoms with Gasteiger partial charge in [-0.3, -0.25) is 4.57 Å². The van der Waals surface area contributed by atoms with Crippen LogP contribution in [0, 0.1) is 17.1 Å². The lowest BCUT2D eigenvalue weighted by Gasteiger charge is -2.25. The fourth-order valence-electron chi connectivity index (χ4n) is 5.45. The van der Waals surface area contributed by atoms with Crippen LogP contribution in [-0.2, 0) is 27.8 Å². The smallest absolute Gasteiger partial charge is 0.340 e. The van der Waals surface area contributed by atoms with Gasteiger partial charge in [-0.25, -0.2) is 9.37 Å². The Bertz CT molecular complexity index is 1540. The van der Waals surface area contributed by atoms with E-state index >= 15 is 0 Å². The van der Waals surface area contributed by atoms with Crippen molar-refractivity contribution in [1.29, 1.82) is 5.26 Å². The zero-order chi connectivity index (χ0) is 30.9. The van der Waals surface area contributed by atoms with Gasteiger partial charge in [0.15, 0.2) is 17.2 Å². The molecule has 0 aliphatic carbocycles. The lowest BCUT2D eigenvalue weighted by molar-refractivity contribution is -0.193. The molecule has 2 saturated heterocycles. The summed E-state index contributed by atoms with van der Waals surface area (Å²) in [6.45, 7) is 9.77. The normalized spacial score (nSPS) is 23.8. The van der Waals surface area contributed by atoms with Gasteiger partial charge in [-0.2, -0.15) is 5.26 Å². The summed E-state index contributed by atoms with van der Waals surface area (Å²) in [7, 11) is -3.23. The summed E-state index contributed by atoms with van der Waals surface area (Å²) in [6.07, 6.45) is -0.0334. The molecule has 2 aliphatic heterocycles. The van der Waals surface area contributed by atoms with E-state index in [0.717, 1.165) is 5.56 Å². The number of nitriles is 1. The molecule has 2 aromatic heterocycles. The van der Waals surface area contributed by atoms with Gasteiger partial charge in [-0.05, 0) is 58.4 Å². The minimum atomic E-state index is -3.23. The molecule has 0 amide bonds. The summed E-state index contributed by atoms with van der Waals surface area (Å²) in [5, 5.41) is 14.0. The van der Waals surface area contributed by atoms with Crippen LogP contribution in [0.1, 0.15) is 58.0 Å². The minimum Gasteiger partial charge on any atom is -0.377 e. The van der Waals surface area contributed by atoms with Crippen molar-refractivity contribution in [2.24, 2.45) is 0 Å². The number of rotatable bonds is 12. The van der Waals surface area contributed by atoms with Crippen LogP contribution in [0.25, 0.3) is 11.0 Å². The van der Waals surface area contributed by atoms with Crippen molar-refractivity contribution < 1.29 is 32.2 Å². The van der Waals surface area contributed by atoms with E-state index < -0.39 is 31.8 Å². The topological polar surface area (TPSA) is 117 Å². The summed E-state index contributed by atoms with van der Waals surface area (Å²) >= 11 is 7.97. The van der Waals surface area contributed by atoms with Crippen molar-refractivity contribution in [3.63, 3.8) is 0 Å². The molecular formula is C29H35ClFN4O6PS. The molecule has 0 unspecified atom stereocenters. The lowest BCUT2D eigenvalue weighted by Crippen LogP contribution is -2.31. The van der Waals surface area contributed by atoms with Gasteiger partial charge < -0.3 is 33.1 Å². The molecule has 232 valence electrons. The number of benzene rings is 1. The van der Waals surface area contributed by atoms with E-state index in [0.29, 0.717) is 35.7 Å². The van der Waals surface area contributed by atoms with E-state index in [-0.39, 0.29) is 34.2 Å². The average molecular weight is 653 g/mol. The first-order chi connectivity index (χ1) is 20.5. The molecule has 43 heavy (non-hydrogen) atoms. The Morgan fingerprint density at radius 2 is 1.88 bits per heavy atom. The zero-order valence-electron chi connectivity index (χ0n) is 24.6. The number of nitrogens with one attached hydrogen (secondary N) is 1. The van der Waals surface area contributed by atoms with Crippen LogP contribution in [-0.4, -0.2) is 58.1 Å². The number of anilines is 1. The Labute approximate surface area is 259 Å². The minimum absolute atomic E-state index is 0.0388. The van der Waals surface area contributed by atoms with Crippen molar-refractivity contribution >= 4 is 47.7 Å². The van der Waals surface area contributed by atoms with E-state index in [1.807, 2.05) is 37.6 Å². The molecule has 14 heteroatoms. The first kappa shape index (κ1) is 32.2. The van der Waals surface area contributed by atoms with Crippen LogP contribution in [0.3, 0.4) is 0 Å². The first-order valence-electron chi connectivity index (χ1n) is 14.1. The number of ether oxygens (including phenoxy) is 3. The fourth-order valence-corrected chi connectivity index (χ4v) is 8.94. The molecule has 1 N–H and O–H groups in total. The van der Waals surface area contributed by atoms with Gasteiger partial charge in [-0.1, -0.05) is 23.7 Å². The largest absolute Gasteiger partial charge is 0.377 e. The maximum atomic E-state index is 13.5. The molecule has 2 aliphatic rings. The average Bonchev–Trinajstić information content (AvgIpc) is 3.60. The SMILES string of the molecule is CCOP(=O)(CSC[C@H]1O[C@@H](n2ccc3c(N[C@@H](C)c4ccc(F)cc4)c(C#N)c(Cl)nc32)[C@@H]2OC(C)(C)O[C@@H]21)OCC. The van der Waals surface area contributed by atoms with Gasteiger partial charge in [-0.15, -0.1) is 11.8 Å². The predicted molar refractivity (Wildman–Crippen MR) is 164 cm³/mol. The van der Waals surface area contributed by atoms with Crippen molar-refractivity contribution in [1.82, 2.24) is 9.55 Å². The highest BCUT2D eigenvalue weighted by atomic mass is 35.5. The summed E-state index contributed by atoms with van der Waals surface area (Å²) < 4.78 is 58.3. The molecule has 0 bridgehead atoms. The van der Waals surface area contributed by atoms with Gasteiger partial charge in [0.25, 0.3) is 0 Å². The van der Waals surface area contributed by atoms with Gasteiger partial charge in [0.2, 0.25) is 0 Å². The van der Waals surface area contributed by atoms with Gasteiger partial charge in [0, 0.05) is 23.4 Å². The van der Waals surface area contributed by atoms with E-state index in [9.17, 15) is 14.2 Å². The highest BCUT2D eigenvalue weighted by Crippen LogP contribution is 2.52. The van der Waals surface area contributed by atoms with E-state index in [4.69, 9.17) is 34.9 Å². The lowest BCUT2D eigenvalue weighted by atomic mass is 10.1. The Kier molecular flexibility index (Phi) is 9.76. The summed E-state index contributed by atoms with van der Waals surface area (Å²) in [4.78, 5) is 4.58. The number of thioether (sulfide) groups is 1. The molecule has 2 fully saturated rings. The Hall–Kier alpha value is -2.20. The number of hydrogen-bond acceptors (Lipinski definition) is 10. The standard InChI is InChI=1S/C29H35ClFN4O6PS/c1-6-37-42(36,38-7-2)16-43-15-22-24-25(41-29(4,5)40-24)28(39-22)35-13-12-20-23(21(14-32)26(30)34-27(20)35)33-17(3)18-8-10-19(31)11-9-18/h8-13,17,22,24-25,28H,6-7,15-16H2,1-5H3,(H,33,34)/t17-,22+,24+,25+,28+/m0/s1. The van der Waals surface area contributed by atoms with Crippen LogP contribution in [0.4, 0.5) is 10.1 Å². The summed E-state index contributed by atoms with van der Waals surface area (Å²) in [5.74, 6) is -0.702. The third-order valence-corrected chi connectivity index (χ3v) is 11.4. The van der Waals surface area contributed by atoms with E-state index in [2.05, 4.69) is 16.4 Å². The summed E-state index contributed by atoms with van der Waals surface area (Å²) in [6, 6.07) is 9.91. The molecule has 4 heterocycles. The van der Waals surface area contributed by atoms with Crippen LogP contribution < -0.4 is 5.32 Å². The van der Waals surface area contributed by atoms with Crippen LogP contribution in [0.15, 0.2) is 36.5 Å². The van der Waals surface area contributed by atoms with Crippen molar-refractivity contribution in [3.8, 4) is 6.07 Å². The highest BCUT2D eigenvalue weighted by Gasteiger charge is 2.56. The van der Waals surface area contributed by atoms with Crippen molar-refractivity contribution in [2.45, 2.75) is 71.0 Å². The second-order valence-corrected chi connectivity index (χ2v) is 14.6. The first-order valence-corrected chi connectivity index (χ1v) is 17.3. The highest BCUT2D eigenvalue weighted by molar-refractivity contribution is 8.04.